The molecule has 0 unspecified atom stereocenters. The van der Waals surface area contributed by atoms with Crippen molar-refractivity contribution in [3.8, 4) is 0 Å². The minimum absolute atomic E-state index is 0.119. The van der Waals surface area contributed by atoms with Crippen LogP contribution in [0, 0.1) is 32.5 Å². The first-order valence-electron chi connectivity index (χ1n) is 11.5. The van der Waals surface area contributed by atoms with Crippen LogP contribution < -0.4 is 4.90 Å². The van der Waals surface area contributed by atoms with Crippen molar-refractivity contribution in [2.45, 2.75) is 38.5 Å². The van der Waals surface area contributed by atoms with Crippen LogP contribution in [-0.2, 0) is 14.8 Å². The molecule has 6 nitrogen and oxygen atoms in total. The molecular formula is C25H32FN3O3S. The summed E-state index contributed by atoms with van der Waals surface area (Å²) in [5, 5.41) is 0. The molecule has 8 heteroatoms. The predicted octanol–water partition coefficient (Wildman–Crippen LogP) is 3.50. The van der Waals surface area contributed by atoms with Gasteiger partial charge in [0.1, 0.15) is 5.82 Å². The Hall–Kier alpha value is -2.45. The molecule has 0 N–H and O–H groups in total. The fourth-order valence-electron chi connectivity index (χ4n) is 5.14. The number of hydrogen-bond donors (Lipinski definition) is 0. The topological polar surface area (TPSA) is 60.9 Å². The van der Waals surface area contributed by atoms with Gasteiger partial charge >= 0.3 is 0 Å². The normalized spacial score (nSPS) is 18.5. The van der Waals surface area contributed by atoms with E-state index >= 15 is 0 Å². The van der Waals surface area contributed by atoms with Crippen LogP contribution in [0.25, 0.3) is 0 Å². The van der Waals surface area contributed by atoms with Crippen LogP contribution in [0.15, 0.2) is 41.3 Å². The minimum atomic E-state index is -3.58. The van der Waals surface area contributed by atoms with Gasteiger partial charge in [0.2, 0.25) is 15.9 Å². The average molecular weight is 474 g/mol. The summed E-state index contributed by atoms with van der Waals surface area (Å²) in [4.78, 5) is 17.6. The van der Waals surface area contributed by atoms with Gasteiger partial charge in [-0.25, -0.2) is 12.8 Å². The first kappa shape index (κ1) is 23.7. The summed E-state index contributed by atoms with van der Waals surface area (Å²) < 4.78 is 41.3. The van der Waals surface area contributed by atoms with Crippen molar-refractivity contribution in [2.24, 2.45) is 5.92 Å². The lowest BCUT2D eigenvalue weighted by atomic mass is 9.96. The smallest absolute Gasteiger partial charge is 0.243 e. The molecule has 0 atom stereocenters. The number of carbonyl (C=O) groups is 1. The van der Waals surface area contributed by atoms with Crippen molar-refractivity contribution in [3.05, 3.63) is 58.9 Å². The van der Waals surface area contributed by atoms with Gasteiger partial charge in [-0.1, -0.05) is 17.7 Å². The molecule has 33 heavy (non-hydrogen) atoms. The minimum Gasteiger partial charge on any atom is -0.368 e. The number of hydrogen-bond acceptors (Lipinski definition) is 4. The lowest BCUT2D eigenvalue weighted by molar-refractivity contribution is -0.137. The molecule has 2 heterocycles. The SMILES string of the molecule is Cc1cc(C)c(S(=O)(=O)N2CCC(C(=O)N3CCN(c4ccc(F)cc4)CC3)CC2)c(C)c1. The van der Waals surface area contributed by atoms with E-state index < -0.39 is 10.0 Å². The number of amides is 1. The molecule has 2 aliphatic heterocycles. The van der Waals surface area contributed by atoms with Gasteiger partial charge in [0.05, 0.1) is 4.90 Å². The summed E-state index contributed by atoms with van der Waals surface area (Å²) in [6.45, 7) is 9.03. The molecule has 2 aromatic rings. The number of carbonyl (C=O) groups excluding carboxylic acids is 1. The predicted molar refractivity (Wildman–Crippen MR) is 127 cm³/mol. The first-order chi connectivity index (χ1) is 15.7. The van der Waals surface area contributed by atoms with Crippen molar-refractivity contribution in [1.29, 1.82) is 0 Å². The van der Waals surface area contributed by atoms with Crippen LogP contribution in [0.2, 0.25) is 0 Å². The average Bonchev–Trinajstić information content (AvgIpc) is 2.78. The molecule has 2 fully saturated rings. The highest BCUT2D eigenvalue weighted by Crippen LogP contribution is 2.29. The zero-order valence-corrected chi connectivity index (χ0v) is 20.4. The van der Waals surface area contributed by atoms with Gasteiger partial charge in [0.15, 0.2) is 0 Å². The Kier molecular flexibility index (Phi) is 6.77. The summed E-state index contributed by atoms with van der Waals surface area (Å²) in [6, 6.07) is 10.2. The van der Waals surface area contributed by atoms with E-state index in [1.165, 1.54) is 16.4 Å². The number of piperidine rings is 1. The largest absolute Gasteiger partial charge is 0.368 e. The number of rotatable bonds is 4. The van der Waals surface area contributed by atoms with Crippen LogP contribution in [0.4, 0.5) is 10.1 Å². The summed E-state index contributed by atoms with van der Waals surface area (Å²) in [7, 11) is -3.58. The van der Waals surface area contributed by atoms with E-state index in [0.717, 1.165) is 22.4 Å². The van der Waals surface area contributed by atoms with E-state index in [9.17, 15) is 17.6 Å². The molecule has 0 bridgehead atoms. The highest BCUT2D eigenvalue weighted by Gasteiger charge is 2.35. The summed E-state index contributed by atoms with van der Waals surface area (Å²) in [5.74, 6) is -0.281. The number of halogens is 1. The van der Waals surface area contributed by atoms with Gasteiger partial charge < -0.3 is 9.80 Å². The van der Waals surface area contributed by atoms with E-state index in [1.807, 2.05) is 37.8 Å². The number of sulfonamides is 1. The Labute approximate surface area is 196 Å². The van der Waals surface area contributed by atoms with Crippen LogP contribution in [-0.4, -0.2) is 62.8 Å². The van der Waals surface area contributed by atoms with Gasteiger partial charge in [-0.2, -0.15) is 4.31 Å². The molecule has 4 rings (SSSR count). The highest BCUT2D eigenvalue weighted by atomic mass is 32.2. The monoisotopic (exact) mass is 473 g/mol. The maximum Gasteiger partial charge on any atom is 0.243 e. The molecule has 2 saturated heterocycles. The maximum absolute atomic E-state index is 13.3. The second-order valence-electron chi connectivity index (χ2n) is 9.19. The highest BCUT2D eigenvalue weighted by molar-refractivity contribution is 7.89. The van der Waals surface area contributed by atoms with Crippen molar-refractivity contribution in [2.75, 3.05) is 44.2 Å². The van der Waals surface area contributed by atoms with Crippen molar-refractivity contribution in [3.63, 3.8) is 0 Å². The Morgan fingerprint density at radius 2 is 1.42 bits per heavy atom. The number of benzene rings is 2. The second-order valence-corrected chi connectivity index (χ2v) is 11.1. The quantitative estimate of drug-likeness (QED) is 0.682. The zero-order valence-electron chi connectivity index (χ0n) is 19.6. The molecule has 2 aliphatic rings. The van der Waals surface area contributed by atoms with Crippen LogP contribution >= 0.6 is 0 Å². The summed E-state index contributed by atoms with van der Waals surface area (Å²) in [5.41, 5.74) is 3.55. The van der Waals surface area contributed by atoms with E-state index in [2.05, 4.69) is 4.90 Å². The van der Waals surface area contributed by atoms with Gasteiger partial charge in [-0.3, -0.25) is 4.79 Å². The van der Waals surface area contributed by atoms with Gasteiger partial charge in [0.25, 0.3) is 0 Å². The Bertz CT molecular complexity index is 1100. The Morgan fingerprint density at radius 1 is 0.879 bits per heavy atom. The summed E-state index contributed by atoms with van der Waals surface area (Å²) in [6.07, 6.45) is 1.08. The first-order valence-corrected chi connectivity index (χ1v) is 13.0. The van der Waals surface area contributed by atoms with Gasteiger partial charge in [0, 0.05) is 50.9 Å². The zero-order chi connectivity index (χ0) is 23.8. The molecule has 0 saturated carbocycles. The maximum atomic E-state index is 13.3. The van der Waals surface area contributed by atoms with E-state index in [1.54, 1.807) is 12.1 Å². The van der Waals surface area contributed by atoms with Crippen LogP contribution in [0.3, 0.4) is 0 Å². The number of anilines is 1. The number of nitrogens with zero attached hydrogens (tertiary/aromatic N) is 3. The Balaban J connectivity index is 1.34. The fourth-order valence-corrected chi connectivity index (χ4v) is 7.02. The molecule has 1 amide bonds. The third-order valence-corrected chi connectivity index (χ3v) is 8.99. The van der Waals surface area contributed by atoms with Crippen LogP contribution in [0.5, 0.6) is 0 Å². The van der Waals surface area contributed by atoms with Crippen molar-refractivity contribution < 1.29 is 17.6 Å². The van der Waals surface area contributed by atoms with E-state index in [0.29, 0.717) is 57.0 Å². The molecule has 0 spiro atoms. The van der Waals surface area contributed by atoms with Gasteiger partial charge in [-0.05, 0) is 69.0 Å². The van der Waals surface area contributed by atoms with E-state index in [4.69, 9.17) is 0 Å². The molecule has 0 aliphatic carbocycles. The van der Waals surface area contributed by atoms with E-state index in [-0.39, 0.29) is 17.6 Å². The standard InChI is InChI=1S/C25H32FN3O3S/c1-18-16-19(2)24(20(3)17-18)33(31,32)29-10-8-21(9-11-29)25(30)28-14-12-27(13-15-28)23-6-4-22(26)5-7-23/h4-7,16-17,21H,8-15H2,1-3H3. The number of piperazine rings is 1. The van der Waals surface area contributed by atoms with Gasteiger partial charge in [-0.15, -0.1) is 0 Å². The van der Waals surface area contributed by atoms with Crippen molar-refractivity contribution in [1.82, 2.24) is 9.21 Å². The van der Waals surface area contributed by atoms with Crippen molar-refractivity contribution >= 4 is 21.6 Å². The third-order valence-electron chi connectivity index (χ3n) is 6.79. The molecule has 0 radical (unpaired) electrons. The molecule has 2 aromatic carbocycles. The fraction of sp³-hybridized carbons (Fsp3) is 0.480. The molecule has 178 valence electrons. The lowest BCUT2D eigenvalue weighted by Gasteiger charge is -2.39. The molecular weight excluding hydrogens is 441 g/mol. The summed E-state index contributed by atoms with van der Waals surface area (Å²) >= 11 is 0. The third kappa shape index (κ3) is 4.92. The Morgan fingerprint density at radius 3 is 1.97 bits per heavy atom. The second kappa shape index (κ2) is 9.43. The lowest BCUT2D eigenvalue weighted by Crippen LogP contribution is -2.52. The number of aryl methyl sites for hydroxylation is 3. The molecule has 0 aromatic heterocycles. The van der Waals surface area contributed by atoms with Crippen LogP contribution in [0.1, 0.15) is 29.5 Å².